The average Bonchev–Trinajstić information content (AvgIpc) is 2.65. The first-order chi connectivity index (χ1) is 14.6. The van der Waals surface area contributed by atoms with E-state index in [1.807, 2.05) is 20.8 Å². The zero-order chi connectivity index (χ0) is 22.8. The number of nitrogens with two attached hydrogens (primary N) is 1. The van der Waals surface area contributed by atoms with E-state index in [1.54, 1.807) is 24.4 Å². The molecular weight excluding hydrogens is 408 g/mol. The van der Waals surface area contributed by atoms with Crippen LogP contribution in [0.2, 0.25) is 0 Å². The summed E-state index contributed by atoms with van der Waals surface area (Å²) >= 11 is 0. The molecule has 0 saturated carbocycles. The van der Waals surface area contributed by atoms with Gasteiger partial charge >= 0.3 is 6.61 Å². The van der Waals surface area contributed by atoms with Crippen LogP contribution < -0.4 is 25.3 Å². The molecule has 1 atom stereocenters. The summed E-state index contributed by atoms with van der Waals surface area (Å²) in [5.74, 6) is 0.522. The summed E-state index contributed by atoms with van der Waals surface area (Å²) in [6.07, 6.45) is 2.28. The number of aromatic nitrogens is 1. The molecule has 1 amide bonds. The molecule has 31 heavy (non-hydrogen) atoms. The fourth-order valence-electron chi connectivity index (χ4n) is 3.70. The number of rotatable bonds is 8. The van der Waals surface area contributed by atoms with Crippen molar-refractivity contribution in [2.24, 2.45) is 11.7 Å². The molecule has 2 aromatic rings. The van der Waals surface area contributed by atoms with Crippen molar-refractivity contribution in [3.8, 4) is 28.4 Å². The highest BCUT2D eigenvalue weighted by molar-refractivity contribution is 5.89. The van der Waals surface area contributed by atoms with E-state index in [0.717, 1.165) is 5.56 Å². The molecular formula is C22H27F2N3O4. The number of carbonyl (C=O) groups is 1. The lowest BCUT2D eigenvalue weighted by Crippen LogP contribution is -2.43. The van der Waals surface area contributed by atoms with Gasteiger partial charge in [-0.2, -0.15) is 8.78 Å². The van der Waals surface area contributed by atoms with E-state index in [1.165, 1.54) is 6.92 Å². The van der Waals surface area contributed by atoms with E-state index in [0.29, 0.717) is 29.3 Å². The van der Waals surface area contributed by atoms with Crippen LogP contribution in [0.15, 0.2) is 24.4 Å². The summed E-state index contributed by atoms with van der Waals surface area (Å²) in [4.78, 5) is 15.5. The largest absolute Gasteiger partial charge is 0.488 e. The van der Waals surface area contributed by atoms with Gasteiger partial charge in [-0.25, -0.2) is 4.98 Å². The van der Waals surface area contributed by atoms with Crippen molar-refractivity contribution in [3.05, 3.63) is 30.0 Å². The Hall–Kier alpha value is -2.94. The predicted octanol–water partition coefficient (Wildman–Crippen LogP) is 4.34. The van der Waals surface area contributed by atoms with Gasteiger partial charge in [0.05, 0.1) is 0 Å². The summed E-state index contributed by atoms with van der Waals surface area (Å²) in [5.41, 5.74) is 7.64. The van der Waals surface area contributed by atoms with Crippen molar-refractivity contribution in [2.75, 3.05) is 11.9 Å². The number of hydrogen-bond acceptors (Lipinski definition) is 6. The van der Waals surface area contributed by atoms with E-state index >= 15 is 0 Å². The fourth-order valence-corrected chi connectivity index (χ4v) is 3.70. The molecule has 0 bridgehead atoms. The standard InChI is InChI=1S/C22H27F2N3O4/c1-12(2)8-22(4,25)11-30-17-6-5-15-16-7-18(27-13(3)28)26-9-14(16)10-29-19(15)20(17)31-21(23)24/h5-7,9,12,21H,8,10-11,25H2,1-4H3,(H,26,27,28)/t22-/m0/s1. The minimum Gasteiger partial charge on any atom is -0.488 e. The van der Waals surface area contributed by atoms with E-state index in [2.05, 4.69) is 10.3 Å². The maximum absolute atomic E-state index is 13.2. The molecule has 1 aromatic carbocycles. The third-order valence-corrected chi connectivity index (χ3v) is 4.67. The minimum atomic E-state index is -3.06. The number of hydrogen-bond donors (Lipinski definition) is 2. The van der Waals surface area contributed by atoms with Gasteiger partial charge in [-0.15, -0.1) is 0 Å². The molecule has 9 heteroatoms. The average molecular weight is 435 g/mol. The number of nitrogens with zero attached hydrogens (tertiary/aromatic N) is 1. The Morgan fingerprint density at radius 3 is 2.74 bits per heavy atom. The molecule has 2 heterocycles. The summed E-state index contributed by atoms with van der Waals surface area (Å²) in [6.45, 7) is 4.49. The van der Waals surface area contributed by atoms with Gasteiger partial charge in [-0.05, 0) is 43.0 Å². The summed E-state index contributed by atoms with van der Waals surface area (Å²) in [6, 6.07) is 4.93. The number of carbonyl (C=O) groups excluding carboxylic acids is 1. The zero-order valence-electron chi connectivity index (χ0n) is 18.0. The van der Waals surface area contributed by atoms with Gasteiger partial charge < -0.3 is 25.3 Å². The number of anilines is 1. The van der Waals surface area contributed by atoms with Crippen molar-refractivity contribution in [3.63, 3.8) is 0 Å². The number of amides is 1. The first-order valence-electron chi connectivity index (χ1n) is 9.99. The van der Waals surface area contributed by atoms with E-state index in [4.69, 9.17) is 19.9 Å². The third-order valence-electron chi connectivity index (χ3n) is 4.67. The molecule has 0 radical (unpaired) electrons. The Bertz CT molecular complexity index is 964. The maximum Gasteiger partial charge on any atom is 0.387 e. The smallest absolute Gasteiger partial charge is 0.387 e. The summed E-state index contributed by atoms with van der Waals surface area (Å²) in [7, 11) is 0. The molecule has 0 spiro atoms. The Morgan fingerprint density at radius 2 is 2.10 bits per heavy atom. The van der Waals surface area contributed by atoms with Crippen LogP contribution in [0.3, 0.4) is 0 Å². The molecule has 1 aliphatic rings. The monoisotopic (exact) mass is 435 g/mol. The number of alkyl halides is 2. The van der Waals surface area contributed by atoms with Crippen LogP contribution in [-0.2, 0) is 11.4 Å². The molecule has 3 N–H and O–H groups in total. The van der Waals surface area contributed by atoms with Crippen molar-refractivity contribution < 1.29 is 27.8 Å². The highest BCUT2D eigenvalue weighted by Crippen LogP contribution is 2.49. The highest BCUT2D eigenvalue weighted by atomic mass is 19.3. The van der Waals surface area contributed by atoms with Gasteiger partial charge in [-0.3, -0.25) is 4.79 Å². The number of ether oxygens (including phenoxy) is 3. The summed E-state index contributed by atoms with van der Waals surface area (Å²) in [5, 5.41) is 2.62. The van der Waals surface area contributed by atoms with Crippen molar-refractivity contribution in [2.45, 2.75) is 52.9 Å². The van der Waals surface area contributed by atoms with Crippen molar-refractivity contribution in [1.82, 2.24) is 4.98 Å². The Labute approximate surface area is 179 Å². The lowest BCUT2D eigenvalue weighted by Gasteiger charge is -2.28. The molecule has 0 saturated heterocycles. The normalized spacial score (nSPS) is 14.4. The van der Waals surface area contributed by atoms with Crippen molar-refractivity contribution >= 4 is 11.7 Å². The van der Waals surface area contributed by atoms with Gasteiger partial charge in [0, 0.05) is 29.8 Å². The van der Waals surface area contributed by atoms with Gasteiger partial charge in [0.2, 0.25) is 11.7 Å². The van der Waals surface area contributed by atoms with E-state index < -0.39 is 12.2 Å². The van der Waals surface area contributed by atoms with Crippen LogP contribution in [0.25, 0.3) is 11.1 Å². The Morgan fingerprint density at radius 1 is 1.35 bits per heavy atom. The fraction of sp³-hybridized carbons (Fsp3) is 0.455. The SMILES string of the molecule is CC(=O)Nc1cc2c(cn1)COc1c-2ccc(OC[C@@](C)(N)CC(C)C)c1OC(F)F. The second-order valence-electron chi connectivity index (χ2n) is 8.39. The third kappa shape index (κ3) is 5.61. The number of halogens is 2. The van der Waals surface area contributed by atoms with Crippen LogP contribution in [0.1, 0.15) is 39.7 Å². The van der Waals surface area contributed by atoms with Crippen LogP contribution in [0, 0.1) is 5.92 Å². The van der Waals surface area contributed by atoms with Gasteiger partial charge in [0.25, 0.3) is 0 Å². The molecule has 3 rings (SSSR count). The topological polar surface area (TPSA) is 95.7 Å². The maximum atomic E-state index is 13.2. The lowest BCUT2D eigenvalue weighted by molar-refractivity contribution is -0.114. The van der Waals surface area contributed by atoms with E-state index in [9.17, 15) is 13.6 Å². The quantitative estimate of drug-likeness (QED) is 0.640. The first kappa shape index (κ1) is 22.7. The predicted molar refractivity (Wildman–Crippen MR) is 112 cm³/mol. The van der Waals surface area contributed by atoms with Gasteiger partial charge in [0.1, 0.15) is 19.0 Å². The van der Waals surface area contributed by atoms with E-state index in [-0.39, 0.29) is 36.4 Å². The van der Waals surface area contributed by atoms with Gasteiger partial charge in [0.15, 0.2) is 11.5 Å². The number of fused-ring (bicyclic) bond motifs is 3. The molecule has 168 valence electrons. The van der Waals surface area contributed by atoms with Crippen molar-refractivity contribution in [1.29, 1.82) is 0 Å². The van der Waals surface area contributed by atoms with Gasteiger partial charge in [-0.1, -0.05) is 13.8 Å². The minimum absolute atomic E-state index is 0.112. The van der Waals surface area contributed by atoms with Crippen LogP contribution >= 0.6 is 0 Å². The molecule has 7 nitrogen and oxygen atoms in total. The Kier molecular flexibility index (Phi) is 6.64. The molecule has 0 aliphatic carbocycles. The second-order valence-corrected chi connectivity index (χ2v) is 8.39. The second kappa shape index (κ2) is 9.05. The molecule has 0 unspecified atom stereocenters. The summed E-state index contributed by atoms with van der Waals surface area (Å²) < 4.78 is 42.7. The highest BCUT2D eigenvalue weighted by Gasteiger charge is 2.28. The number of pyridine rings is 1. The first-order valence-corrected chi connectivity index (χ1v) is 9.99. The van der Waals surface area contributed by atoms with Crippen LogP contribution in [-0.4, -0.2) is 29.6 Å². The van der Waals surface area contributed by atoms with Crippen LogP contribution in [0.5, 0.6) is 17.2 Å². The molecule has 0 fully saturated rings. The lowest BCUT2D eigenvalue weighted by atomic mass is 9.93. The number of benzene rings is 1. The van der Waals surface area contributed by atoms with Crippen LogP contribution in [0.4, 0.5) is 14.6 Å². The Balaban J connectivity index is 1.98. The zero-order valence-corrected chi connectivity index (χ0v) is 18.0. The number of nitrogens with one attached hydrogen (secondary N) is 1. The molecule has 1 aliphatic heterocycles. The molecule has 1 aromatic heterocycles.